The lowest BCUT2D eigenvalue weighted by molar-refractivity contribution is -0.119. The lowest BCUT2D eigenvalue weighted by Gasteiger charge is -2.07. The molecular formula is C16H14FNO3S. The largest absolute Gasteiger partial charge is 0.452 e. The fourth-order valence-electron chi connectivity index (χ4n) is 1.70. The number of rotatable bonds is 5. The highest BCUT2D eigenvalue weighted by Gasteiger charge is 2.10. The van der Waals surface area contributed by atoms with Crippen LogP contribution in [0.3, 0.4) is 0 Å². The average Bonchev–Trinajstić information content (AvgIpc) is 2.52. The van der Waals surface area contributed by atoms with Crippen LogP contribution in [0.2, 0.25) is 0 Å². The van der Waals surface area contributed by atoms with Gasteiger partial charge in [-0.25, -0.2) is 9.18 Å². The molecule has 0 aliphatic heterocycles. The number of thioether (sulfide) groups is 1. The number of nitrogens with one attached hydrogen (secondary N) is 1. The van der Waals surface area contributed by atoms with Gasteiger partial charge >= 0.3 is 5.97 Å². The molecule has 4 nitrogen and oxygen atoms in total. The van der Waals surface area contributed by atoms with Gasteiger partial charge < -0.3 is 10.1 Å². The van der Waals surface area contributed by atoms with Crippen molar-refractivity contribution in [2.24, 2.45) is 0 Å². The number of carbonyl (C=O) groups is 2. The van der Waals surface area contributed by atoms with E-state index in [0.29, 0.717) is 11.3 Å². The Kier molecular flexibility index (Phi) is 5.55. The summed E-state index contributed by atoms with van der Waals surface area (Å²) in [6, 6.07) is 12.3. The maximum atomic E-state index is 13.0. The molecule has 0 unspecified atom stereocenters. The Morgan fingerprint density at radius 2 is 1.91 bits per heavy atom. The van der Waals surface area contributed by atoms with Gasteiger partial charge in [0.25, 0.3) is 5.91 Å². The van der Waals surface area contributed by atoms with Crippen molar-refractivity contribution >= 4 is 29.3 Å². The van der Waals surface area contributed by atoms with Crippen molar-refractivity contribution in [1.29, 1.82) is 0 Å². The van der Waals surface area contributed by atoms with E-state index >= 15 is 0 Å². The number of hydrogen-bond donors (Lipinski definition) is 1. The van der Waals surface area contributed by atoms with E-state index in [0.717, 1.165) is 4.90 Å². The summed E-state index contributed by atoms with van der Waals surface area (Å²) in [4.78, 5) is 24.5. The van der Waals surface area contributed by atoms with Gasteiger partial charge in [0.2, 0.25) is 0 Å². The van der Waals surface area contributed by atoms with Crippen molar-refractivity contribution in [2.75, 3.05) is 18.2 Å². The number of hydrogen-bond acceptors (Lipinski definition) is 4. The molecule has 0 fully saturated rings. The zero-order valence-corrected chi connectivity index (χ0v) is 12.7. The molecule has 2 rings (SSSR count). The molecule has 0 heterocycles. The average molecular weight is 319 g/mol. The SMILES string of the molecule is CSc1ccc(C(=O)OCC(=O)Nc2cccc(F)c2)cc1. The zero-order valence-electron chi connectivity index (χ0n) is 11.8. The molecule has 0 atom stereocenters. The quantitative estimate of drug-likeness (QED) is 0.678. The predicted octanol–water partition coefficient (Wildman–Crippen LogP) is 3.34. The third-order valence-electron chi connectivity index (χ3n) is 2.77. The maximum absolute atomic E-state index is 13.0. The highest BCUT2D eigenvalue weighted by Crippen LogP contribution is 2.15. The summed E-state index contributed by atoms with van der Waals surface area (Å²) in [7, 11) is 0. The predicted molar refractivity (Wildman–Crippen MR) is 83.5 cm³/mol. The molecule has 0 aliphatic rings. The molecular weight excluding hydrogens is 305 g/mol. The minimum atomic E-state index is -0.581. The van der Waals surface area contributed by atoms with Crippen LogP contribution in [0.1, 0.15) is 10.4 Å². The minimum Gasteiger partial charge on any atom is -0.452 e. The fraction of sp³-hybridized carbons (Fsp3) is 0.125. The summed E-state index contributed by atoms with van der Waals surface area (Å²) in [5.74, 6) is -1.56. The van der Waals surface area contributed by atoms with Gasteiger partial charge in [0.1, 0.15) is 5.82 Å². The molecule has 1 N–H and O–H groups in total. The van der Waals surface area contributed by atoms with E-state index < -0.39 is 24.3 Å². The van der Waals surface area contributed by atoms with Gasteiger partial charge in [0.15, 0.2) is 6.61 Å². The molecule has 6 heteroatoms. The van der Waals surface area contributed by atoms with Gasteiger partial charge in [-0.15, -0.1) is 11.8 Å². The van der Waals surface area contributed by atoms with Crippen LogP contribution >= 0.6 is 11.8 Å². The monoisotopic (exact) mass is 319 g/mol. The first kappa shape index (κ1) is 16.0. The highest BCUT2D eigenvalue weighted by atomic mass is 32.2. The second kappa shape index (κ2) is 7.61. The van der Waals surface area contributed by atoms with Crippen molar-refractivity contribution in [3.63, 3.8) is 0 Å². The summed E-state index contributed by atoms with van der Waals surface area (Å²) in [5, 5.41) is 2.45. The molecule has 114 valence electrons. The van der Waals surface area contributed by atoms with Crippen LogP contribution in [0.5, 0.6) is 0 Å². The number of ether oxygens (including phenoxy) is 1. The number of halogens is 1. The Labute approximate surface area is 131 Å². The maximum Gasteiger partial charge on any atom is 0.338 e. The molecule has 0 aromatic heterocycles. The molecule has 0 aliphatic carbocycles. The van der Waals surface area contributed by atoms with E-state index in [1.54, 1.807) is 42.1 Å². The molecule has 0 saturated carbocycles. The van der Waals surface area contributed by atoms with Gasteiger partial charge in [-0.3, -0.25) is 4.79 Å². The first-order valence-electron chi connectivity index (χ1n) is 6.45. The topological polar surface area (TPSA) is 55.4 Å². The van der Waals surface area contributed by atoms with Crippen LogP contribution in [0.25, 0.3) is 0 Å². The number of anilines is 1. The number of benzene rings is 2. The van der Waals surface area contributed by atoms with Crippen molar-refractivity contribution in [3.8, 4) is 0 Å². The highest BCUT2D eigenvalue weighted by molar-refractivity contribution is 7.98. The van der Waals surface area contributed by atoms with Gasteiger partial charge in [0.05, 0.1) is 5.56 Å². The van der Waals surface area contributed by atoms with Crippen LogP contribution in [0, 0.1) is 5.82 Å². The summed E-state index contributed by atoms with van der Waals surface area (Å²) in [6.07, 6.45) is 1.93. The number of carbonyl (C=O) groups excluding carboxylic acids is 2. The molecule has 0 bridgehead atoms. The van der Waals surface area contributed by atoms with Crippen molar-refractivity contribution in [2.45, 2.75) is 4.90 Å². The van der Waals surface area contributed by atoms with Crippen molar-refractivity contribution in [1.82, 2.24) is 0 Å². The standard InChI is InChI=1S/C16H14FNO3S/c1-22-14-7-5-11(6-8-14)16(20)21-10-15(19)18-13-4-2-3-12(17)9-13/h2-9H,10H2,1H3,(H,18,19). The van der Waals surface area contributed by atoms with Crippen molar-refractivity contribution < 1.29 is 18.7 Å². The van der Waals surface area contributed by atoms with Gasteiger partial charge in [-0.05, 0) is 48.7 Å². The van der Waals surface area contributed by atoms with E-state index in [1.165, 1.54) is 18.2 Å². The lowest BCUT2D eigenvalue weighted by atomic mass is 10.2. The molecule has 1 amide bonds. The molecule has 0 spiro atoms. The molecule has 2 aromatic rings. The Morgan fingerprint density at radius 1 is 1.18 bits per heavy atom. The summed E-state index contributed by atoms with van der Waals surface area (Å²) in [6.45, 7) is -0.431. The minimum absolute atomic E-state index is 0.311. The van der Waals surface area contributed by atoms with Crippen molar-refractivity contribution in [3.05, 3.63) is 59.9 Å². The van der Waals surface area contributed by atoms with Crippen LogP contribution in [-0.2, 0) is 9.53 Å². The van der Waals surface area contributed by atoms with E-state index in [2.05, 4.69) is 5.32 Å². The van der Waals surface area contributed by atoms with E-state index in [9.17, 15) is 14.0 Å². The van der Waals surface area contributed by atoms with Gasteiger partial charge in [0, 0.05) is 10.6 Å². The summed E-state index contributed by atoms with van der Waals surface area (Å²) >= 11 is 1.56. The Hall–Kier alpha value is -2.34. The molecule has 0 saturated heterocycles. The summed E-state index contributed by atoms with van der Waals surface area (Å²) in [5.41, 5.74) is 0.682. The third-order valence-corrected chi connectivity index (χ3v) is 3.51. The van der Waals surface area contributed by atoms with Crippen LogP contribution in [-0.4, -0.2) is 24.7 Å². The third kappa shape index (κ3) is 4.60. The normalized spacial score (nSPS) is 10.1. The smallest absolute Gasteiger partial charge is 0.338 e. The van der Waals surface area contributed by atoms with Gasteiger partial charge in [-0.2, -0.15) is 0 Å². The van der Waals surface area contributed by atoms with E-state index in [4.69, 9.17) is 4.74 Å². The zero-order chi connectivity index (χ0) is 15.9. The van der Waals surface area contributed by atoms with Crippen LogP contribution in [0.15, 0.2) is 53.4 Å². The fourth-order valence-corrected chi connectivity index (χ4v) is 2.11. The van der Waals surface area contributed by atoms with E-state index in [1.807, 2.05) is 6.26 Å². The Bertz CT molecular complexity index is 673. The second-order valence-electron chi connectivity index (χ2n) is 4.36. The first-order valence-corrected chi connectivity index (χ1v) is 7.67. The van der Waals surface area contributed by atoms with E-state index in [-0.39, 0.29) is 0 Å². The second-order valence-corrected chi connectivity index (χ2v) is 5.24. The number of esters is 1. The molecule has 22 heavy (non-hydrogen) atoms. The number of amides is 1. The lowest BCUT2D eigenvalue weighted by Crippen LogP contribution is -2.20. The first-order chi connectivity index (χ1) is 10.6. The van der Waals surface area contributed by atoms with Crippen LogP contribution in [0.4, 0.5) is 10.1 Å². The van der Waals surface area contributed by atoms with Crippen LogP contribution < -0.4 is 5.32 Å². The Balaban J connectivity index is 1.86. The molecule has 0 radical (unpaired) electrons. The Morgan fingerprint density at radius 3 is 2.55 bits per heavy atom. The van der Waals surface area contributed by atoms with Gasteiger partial charge in [-0.1, -0.05) is 6.07 Å². The molecule has 2 aromatic carbocycles. The summed E-state index contributed by atoms with van der Waals surface area (Å²) < 4.78 is 17.9.